The van der Waals surface area contributed by atoms with Crippen molar-refractivity contribution in [3.63, 3.8) is 0 Å². The van der Waals surface area contributed by atoms with Crippen LogP contribution in [0.15, 0.2) is 30.3 Å². The van der Waals surface area contributed by atoms with Gasteiger partial charge in [0.15, 0.2) is 0 Å². The number of benzene rings is 1. The summed E-state index contributed by atoms with van der Waals surface area (Å²) in [7, 11) is 0. The largest absolute Gasteiger partial charge is 0.354 e. The number of rotatable bonds is 2. The summed E-state index contributed by atoms with van der Waals surface area (Å²) in [5.74, 6) is 2.74. The Kier molecular flexibility index (Phi) is 3.85. The average molecular weight is 293 g/mol. The number of anilines is 1. The molecule has 2 nitrogen and oxygen atoms in total. The Morgan fingerprint density at radius 2 is 2.26 bits per heavy atom. The molecule has 1 aliphatic rings. The highest BCUT2D eigenvalue weighted by atomic mass is 35.5. The number of thioether (sulfide) groups is 1. The Hall–Kier alpha value is -0.930. The van der Waals surface area contributed by atoms with E-state index < -0.39 is 0 Å². The molecule has 0 amide bonds. The predicted octanol–water partition coefficient (Wildman–Crippen LogP) is 3.92. The fourth-order valence-electron chi connectivity index (χ4n) is 2.55. The summed E-state index contributed by atoms with van der Waals surface area (Å²) in [5, 5.41) is 3.12. The van der Waals surface area contributed by atoms with Crippen LogP contribution in [0.2, 0.25) is 0 Å². The molecule has 1 aromatic heterocycles. The lowest BCUT2D eigenvalue weighted by Gasteiger charge is -2.32. The highest BCUT2D eigenvalue weighted by Gasteiger charge is 2.20. The van der Waals surface area contributed by atoms with Gasteiger partial charge in [0, 0.05) is 29.5 Å². The maximum absolute atomic E-state index is 5.98. The molecule has 0 N–H and O–H groups in total. The van der Waals surface area contributed by atoms with Crippen LogP contribution < -0.4 is 4.90 Å². The van der Waals surface area contributed by atoms with E-state index in [9.17, 15) is 0 Å². The summed E-state index contributed by atoms with van der Waals surface area (Å²) >= 11 is 8.02. The Balaban J connectivity index is 2.10. The van der Waals surface area contributed by atoms with Gasteiger partial charge in [0.1, 0.15) is 5.82 Å². The van der Waals surface area contributed by atoms with Gasteiger partial charge in [-0.15, -0.1) is 11.6 Å². The van der Waals surface area contributed by atoms with Crippen molar-refractivity contribution in [2.75, 3.05) is 23.7 Å². The van der Waals surface area contributed by atoms with Crippen LogP contribution in [-0.2, 0) is 5.88 Å². The molecule has 100 valence electrons. The van der Waals surface area contributed by atoms with Crippen LogP contribution in [0, 0.1) is 0 Å². The summed E-state index contributed by atoms with van der Waals surface area (Å²) < 4.78 is 0. The van der Waals surface area contributed by atoms with Crippen LogP contribution in [-0.4, -0.2) is 29.1 Å². The number of hydrogen-bond acceptors (Lipinski definition) is 3. The normalized spacial score (nSPS) is 19.9. The Labute approximate surface area is 123 Å². The van der Waals surface area contributed by atoms with Crippen LogP contribution in [0.1, 0.15) is 12.6 Å². The van der Waals surface area contributed by atoms with Crippen LogP contribution >= 0.6 is 23.4 Å². The van der Waals surface area contributed by atoms with E-state index in [1.807, 2.05) is 11.8 Å². The van der Waals surface area contributed by atoms with Gasteiger partial charge in [0.05, 0.1) is 11.6 Å². The SMILES string of the molecule is CC1CN(c2nc(CCl)cc3ccccc23)CCS1. The molecule has 0 radical (unpaired) electrons. The van der Waals surface area contributed by atoms with Crippen molar-refractivity contribution in [1.29, 1.82) is 0 Å². The van der Waals surface area contributed by atoms with Crippen LogP contribution in [0.3, 0.4) is 0 Å². The predicted molar refractivity (Wildman–Crippen MR) is 85.4 cm³/mol. The van der Waals surface area contributed by atoms with E-state index in [4.69, 9.17) is 16.6 Å². The summed E-state index contributed by atoms with van der Waals surface area (Å²) in [6, 6.07) is 10.5. The second kappa shape index (κ2) is 5.59. The first-order valence-electron chi connectivity index (χ1n) is 6.59. The zero-order valence-corrected chi connectivity index (χ0v) is 12.5. The molecule has 1 aromatic carbocycles. The smallest absolute Gasteiger partial charge is 0.136 e. The molecule has 19 heavy (non-hydrogen) atoms. The zero-order valence-electron chi connectivity index (χ0n) is 11.0. The summed E-state index contributed by atoms with van der Waals surface area (Å²) in [5.41, 5.74) is 0.959. The molecule has 1 aliphatic heterocycles. The topological polar surface area (TPSA) is 16.1 Å². The summed E-state index contributed by atoms with van der Waals surface area (Å²) in [6.45, 7) is 4.41. The third-order valence-electron chi connectivity index (χ3n) is 3.45. The van der Waals surface area contributed by atoms with Crippen LogP contribution in [0.4, 0.5) is 5.82 Å². The van der Waals surface area contributed by atoms with Gasteiger partial charge in [-0.05, 0) is 11.5 Å². The van der Waals surface area contributed by atoms with Gasteiger partial charge in [-0.1, -0.05) is 31.2 Å². The summed E-state index contributed by atoms with van der Waals surface area (Å²) in [4.78, 5) is 7.16. The van der Waals surface area contributed by atoms with Crippen molar-refractivity contribution < 1.29 is 0 Å². The second-order valence-corrected chi connectivity index (χ2v) is 6.73. The molecule has 0 aliphatic carbocycles. The van der Waals surface area contributed by atoms with Crippen molar-refractivity contribution in [2.24, 2.45) is 0 Å². The van der Waals surface area contributed by atoms with E-state index in [0.29, 0.717) is 11.1 Å². The molecule has 4 heteroatoms. The van der Waals surface area contributed by atoms with Gasteiger partial charge in [-0.2, -0.15) is 11.8 Å². The Bertz CT molecular complexity index is 587. The van der Waals surface area contributed by atoms with Crippen molar-refractivity contribution in [3.05, 3.63) is 36.0 Å². The van der Waals surface area contributed by atoms with E-state index in [1.54, 1.807) is 0 Å². The number of nitrogens with zero attached hydrogens (tertiary/aromatic N) is 2. The summed E-state index contributed by atoms with van der Waals surface area (Å²) in [6.07, 6.45) is 0. The number of fused-ring (bicyclic) bond motifs is 1. The minimum Gasteiger partial charge on any atom is -0.354 e. The van der Waals surface area contributed by atoms with Crippen molar-refractivity contribution in [3.8, 4) is 0 Å². The maximum atomic E-state index is 5.98. The lowest BCUT2D eigenvalue weighted by molar-refractivity contribution is 0.772. The fraction of sp³-hybridized carbons (Fsp3) is 0.400. The van der Waals surface area contributed by atoms with E-state index >= 15 is 0 Å². The molecule has 1 atom stereocenters. The van der Waals surface area contributed by atoms with Crippen molar-refractivity contribution in [2.45, 2.75) is 18.1 Å². The van der Waals surface area contributed by atoms with E-state index in [1.165, 1.54) is 16.5 Å². The van der Waals surface area contributed by atoms with Gasteiger partial charge < -0.3 is 4.90 Å². The lowest BCUT2D eigenvalue weighted by atomic mass is 10.1. The fourth-order valence-corrected chi connectivity index (χ4v) is 3.71. The Morgan fingerprint density at radius 3 is 3.05 bits per heavy atom. The first-order chi connectivity index (χ1) is 9.28. The van der Waals surface area contributed by atoms with Crippen LogP contribution in [0.25, 0.3) is 10.8 Å². The number of aromatic nitrogens is 1. The molecule has 2 heterocycles. The highest BCUT2D eigenvalue weighted by molar-refractivity contribution is 8.00. The minimum atomic E-state index is 0.468. The maximum Gasteiger partial charge on any atom is 0.136 e. The molecule has 0 bridgehead atoms. The van der Waals surface area contributed by atoms with E-state index in [-0.39, 0.29) is 0 Å². The highest BCUT2D eigenvalue weighted by Crippen LogP contribution is 2.29. The quantitative estimate of drug-likeness (QED) is 0.781. The number of alkyl halides is 1. The zero-order chi connectivity index (χ0) is 13.2. The Morgan fingerprint density at radius 1 is 1.42 bits per heavy atom. The number of hydrogen-bond donors (Lipinski definition) is 0. The van der Waals surface area contributed by atoms with Gasteiger partial charge >= 0.3 is 0 Å². The standard InChI is InChI=1S/C15H17ClN2S/c1-11-10-18(6-7-19-11)15-14-5-3-2-4-12(14)8-13(9-16)17-15/h2-5,8,11H,6-7,9-10H2,1H3. The molecule has 1 saturated heterocycles. The second-order valence-electron chi connectivity index (χ2n) is 4.92. The first-order valence-corrected chi connectivity index (χ1v) is 8.17. The first kappa shape index (κ1) is 13.1. The van der Waals surface area contributed by atoms with E-state index in [2.05, 4.69) is 42.2 Å². The van der Waals surface area contributed by atoms with Gasteiger partial charge in [0.2, 0.25) is 0 Å². The van der Waals surface area contributed by atoms with E-state index in [0.717, 1.165) is 24.6 Å². The molecule has 3 rings (SSSR count). The van der Waals surface area contributed by atoms with Gasteiger partial charge in [-0.3, -0.25) is 0 Å². The third kappa shape index (κ3) is 2.67. The molecule has 0 saturated carbocycles. The minimum absolute atomic E-state index is 0.468. The van der Waals surface area contributed by atoms with Crippen molar-refractivity contribution in [1.82, 2.24) is 4.98 Å². The molecule has 1 unspecified atom stereocenters. The van der Waals surface area contributed by atoms with Crippen LogP contribution in [0.5, 0.6) is 0 Å². The third-order valence-corrected chi connectivity index (χ3v) is 4.86. The van der Waals surface area contributed by atoms with Gasteiger partial charge in [0.25, 0.3) is 0 Å². The van der Waals surface area contributed by atoms with Crippen molar-refractivity contribution >= 4 is 40.0 Å². The lowest BCUT2D eigenvalue weighted by Crippen LogP contribution is -2.37. The number of pyridine rings is 1. The average Bonchev–Trinajstić information content (AvgIpc) is 2.46. The molecule has 2 aromatic rings. The monoisotopic (exact) mass is 292 g/mol. The molecule has 1 fully saturated rings. The molecular weight excluding hydrogens is 276 g/mol. The van der Waals surface area contributed by atoms with Gasteiger partial charge in [-0.25, -0.2) is 4.98 Å². The number of halogens is 1. The molecule has 0 spiro atoms. The molecular formula is C15H17ClN2S.